The lowest BCUT2D eigenvalue weighted by molar-refractivity contribution is 0.00212. The Hall–Kier alpha value is -1.26. The zero-order valence-corrected chi connectivity index (χ0v) is 12.5. The van der Waals surface area contributed by atoms with Gasteiger partial charge in [-0.15, -0.1) is 0 Å². The molecule has 2 rings (SSSR count). The van der Waals surface area contributed by atoms with Crippen LogP contribution in [0.4, 0.5) is 5.69 Å². The quantitative estimate of drug-likeness (QED) is 0.869. The average Bonchev–Trinajstić information content (AvgIpc) is 2.47. The molecule has 5 heteroatoms. The minimum Gasteiger partial charge on any atom is -0.399 e. The van der Waals surface area contributed by atoms with Crippen LogP contribution in [0.3, 0.4) is 0 Å². The van der Waals surface area contributed by atoms with E-state index in [4.69, 9.17) is 22.1 Å². The fraction of sp³-hybridized carbons (Fsp3) is 0.533. The molecule has 1 aliphatic heterocycles. The lowest BCUT2D eigenvalue weighted by Crippen LogP contribution is -2.43. The summed E-state index contributed by atoms with van der Waals surface area (Å²) >= 11 is 6.10. The monoisotopic (exact) mass is 296 g/mol. The summed E-state index contributed by atoms with van der Waals surface area (Å²) in [5, 5.41) is 0.445. The first-order valence-corrected chi connectivity index (χ1v) is 7.45. The highest BCUT2D eigenvalue weighted by molar-refractivity contribution is 6.34. The maximum absolute atomic E-state index is 12.5. The van der Waals surface area contributed by atoms with Crippen LogP contribution in [0.25, 0.3) is 0 Å². The first-order valence-electron chi connectivity index (χ1n) is 7.07. The Bertz CT molecular complexity index is 479. The highest BCUT2D eigenvalue weighted by atomic mass is 35.5. The lowest BCUT2D eigenvalue weighted by Gasteiger charge is -2.33. The van der Waals surface area contributed by atoms with E-state index in [1.807, 2.05) is 4.90 Å². The first-order chi connectivity index (χ1) is 9.61. The van der Waals surface area contributed by atoms with Gasteiger partial charge in [-0.2, -0.15) is 0 Å². The van der Waals surface area contributed by atoms with Gasteiger partial charge in [-0.1, -0.05) is 18.5 Å². The number of hydrogen-bond donors (Lipinski definition) is 1. The molecule has 1 unspecified atom stereocenters. The molecule has 0 spiro atoms. The van der Waals surface area contributed by atoms with Crippen molar-refractivity contribution < 1.29 is 9.53 Å². The molecule has 1 saturated heterocycles. The number of nitrogens with zero attached hydrogens (tertiary/aromatic N) is 1. The predicted octanol–water partition coefficient (Wildman–Crippen LogP) is 2.95. The average molecular weight is 297 g/mol. The number of benzene rings is 1. The number of carbonyl (C=O) groups is 1. The van der Waals surface area contributed by atoms with Gasteiger partial charge in [0.25, 0.3) is 5.91 Å². The minimum absolute atomic E-state index is 0.0629. The molecule has 4 nitrogen and oxygen atoms in total. The molecule has 2 N–H and O–H groups in total. The van der Waals surface area contributed by atoms with Crippen molar-refractivity contribution in [2.45, 2.75) is 32.3 Å². The van der Waals surface area contributed by atoms with E-state index in [0.29, 0.717) is 22.8 Å². The van der Waals surface area contributed by atoms with Gasteiger partial charge in [0.1, 0.15) is 0 Å². The van der Waals surface area contributed by atoms with Crippen molar-refractivity contribution in [3.05, 3.63) is 28.8 Å². The van der Waals surface area contributed by atoms with Gasteiger partial charge in [0.05, 0.1) is 16.7 Å². The molecule has 0 saturated carbocycles. The van der Waals surface area contributed by atoms with Gasteiger partial charge in [-0.05, 0) is 37.5 Å². The maximum Gasteiger partial charge on any atom is 0.255 e. The van der Waals surface area contributed by atoms with Crippen LogP contribution in [0.1, 0.15) is 36.5 Å². The van der Waals surface area contributed by atoms with Gasteiger partial charge in [0.2, 0.25) is 0 Å². The predicted molar refractivity (Wildman–Crippen MR) is 81.0 cm³/mol. The number of carbonyl (C=O) groups excluding carboxylic acids is 1. The van der Waals surface area contributed by atoms with Gasteiger partial charge in [0, 0.05) is 25.4 Å². The van der Waals surface area contributed by atoms with Crippen molar-refractivity contribution in [2.75, 3.05) is 25.4 Å². The first kappa shape index (κ1) is 15.1. The standard InChI is InChI=1S/C15H21ClN2O2/c1-2-8-20-12-4-3-7-18(10-12)15(19)13-9-11(17)5-6-14(13)16/h5-6,9,12H,2-4,7-8,10,17H2,1H3. The summed E-state index contributed by atoms with van der Waals surface area (Å²) in [6.45, 7) is 4.20. The second-order valence-corrected chi connectivity index (χ2v) is 5.53. The van der Waals surface area contributed by atoms with Crippen molar-refractivity contribution >= 4 is 23.2 Å². The van der Waals surface area contributed by atoms with Crippen LogP contribution >= 0.6 is 11.6 Å². The minimum atomic E-state index is -0.0629. The van der Waals surface area contributed by atoms with Crippen LogP contribution in [0.5, 0.6) is 0 Å². The molecule has 1 aromatic carbocycles. The second kappa shape index (κ2) is 6.95. The Kier molecular flexibility index (Phi) is 5.26. The van der Waals surface area contributed by atoms with Gasteiger partial charge < -0.3 is 15.4 Å². The topological polar surface area (TPSA) is 55.6 Å². The summed E-state index contributed by atoms with van der Waals surface area (Å²) in [7, 11) is 0. The molecule has 1 aromatic rings. The third-order valence-electron chi connectivity index (χ3n) is 3.44. The number of halogens is 1. The highest BCUT2D eigenvalue weighted by Crippen LogP contribution is 2.23. The van der Waals surface area contributed by atoms with E-state index in [0.717, 1.165) is 32.4 Å². The summed E-state index contributed by atoms with van der Waals surface area (Å²) in [5.74, 6) is -0.0629. The zero-order chi connectivity index (χ0) is 14.5. The van der Waals surface area contributed by atoms with Gasteiger partial charge in [-0.25, -0.2) is 0 Å². The van der Waals surface area contributed by atoms with Crippen molar-refractivity contribution in [3.63, 3.8) is 0 Å². The smallest absolute Gasteiger partial charge is 0.255 e. The van der Waals surface area contributed by atoms with E-state index in [9.17, 15) is 4.79 Å². The summed E-state index contributed by atoms with van der Waals surface area (Å²) in [4.78, 5) is 14.3. The summed E-state index contributed by atoms with van der Waals surface area (Å²) in [6.07, 6.45) is 3.09. The number of rotatable bonds is 4. The fourth-order valence-corrected chi connectivity index (χ4v) is 2.62. The number of anilines is 1. The molecule has 1 atom stereocenters. The van der Waals surface area contributed by atoms with Crippen molar-refractivity contribution in [1.82, 2.24) is 4.90 Å². The molecular weight excluding hydrogens is 276 g/mol. The third-order valence-corrected chi connectivity index (χ3v) is 3.77. The van der Waals surface area contributed by atoms with Crippen LogP contribution < -0.4 is 5.73 Å². The molecule has 1 amide bonds. The Morgan fingerprint density at radius 2 is 2.35 bits per heavy atom. The zero-order valence-electron chi connectivity index (χ0n) is 11.8. The number of ether oxygens (including phenoxy) is 1. The Balaban J connectivity index is 2.06. The Morgan fingerprint density at radius 3 is 3.10 bits per heavy atom. The molecule has 0 aliphatic carbocycles. The van der Waals surface area contributed by atoms with Crippen LogP contribution in [0, 0.1) is 0 Å². The fourth-order valence-electron chi connectivity index (χ4n) is 2.42. The van der Waals surface area contributed by atoms with Crippen LogP contribution in [-0.4, -0.2) is 36.6 Å². The molecule has 1 heterocycles. The summed E-state index contributed by atoms with van der Waals surface area (Å²) < 4.78 is 5.75. The molecular formula is C15H21ClN2O2. The normalized spacial score (nSPS) is 19.1. The van der Waals surface area contributed by atoms with Crippen LogP contribution in [0.15, 0.2) is 18.2 Å². The number of likely N-dealkylation sites (tertiary alicyclic amines) is 1. The molecule has 0 bridgehead atoms. The van der Waals surface area contributed by atoms with Gasteiger partial charge >= 0.3 is 0 Å². The number of hydrogen-bond acceptors (Lipinski definition) is 3. The molecule has 0 aromatic heterocycles. The highest BCUT2D eigenvalue weighted by Gasteiger charge is 2.26. The number of nitrogens with two attached hydrogens (primary N) is 1. The van der Waals surface area contributed by atoms with Crippen molar-refractivity contribution in [2.24, 2.45) is 0 Å². The maximum atomic E-state index is 12.5. The van der Waals surface area contributed by atoms with Crippen molar-refractivity contribution in [1.29, 1.82) is 0 Å². The summed E-state index contributed by atoms with van der Waals surface area (Å²) in [6, 6.07) is 5.00. The second-order valence-electron chi connectivity index (χ2n) is 5.13. The van der Waals surface area contributed by atoms with Gasteiger partial charge in [0.15, 0.2) is 0 Å². The van der Waals surface area contributed by atoms with E-state index in [1.165, 1.54) is 0 Å². The SMILES string of the molecule is CCCOC1CCCN(C(=O)c2cc(N)ccc2Cl)C1. The third kappa shape index (κ3) is 3.64. The van der Waals surface area contributed by atoms with E-state index in [1.54, 1.807) is 18.2 Å². The lowest BCUT2D eigenvalue weighted by atomic mass is 10.1. The van der Waals surface area contributed by atoms with E-state index < -0.39 is 0 Å². The summed E-state index contributed by atoms with van der Waals surface area (Å²) in [5.41, 5.74) is 6.76. The number of amides is 1. The van der Waals surface area contributed by atoms with E-state index in [-0.39, 0.29) is 12.0 Å². The molecule has 20 heavy (non-hydrogen) atoms. The Morgan fingerprint density at radius 1 is 1.55 bits per heavy atom. The van der Waals surface area contributed by atoms with E-state index in [2.05, 4.69) is 6.92 Å². The number of piperidine rings is 1. The molecule has 1 fully saturated rings. The largest absolute Gasteiger partial charge is 0.399 e. The van der Waals surface area contributed by atoms with E-state index >= 15 is 0 Å². The number of nitrogen functional groups attached to an aromatic ring is 1. The molecule has 1 aliphatic rings. The van der Waals surface area contributed by atoms with Gasteiger partial charge in [-0.3, -0.25) is 4.79 Å². The molecule has 0 radical (unpaired) electrons. The van der Waals surface area contributed by atoms with Crippen LogP contribution in [-0.2, 0) is 4.74 Å². The van der Waals surface area contributed by atoms with Crippen molar-refractivity contribution in [3.8, 4) is 0 Å². The van der Waals surface area contributed by atoms with Crippen LogP contribution in [0.2, 0.25) is 5.02 Å². The molecule has 110 valence electrons. The Labute approximate surface area is 124 Å².